The number of carboxylic acids is 1. The van der Waals surface area contributed by atoms with Crippen LogP contribution in [0.2, 0.25) is 0 Å². The molecule has 1 aliphatic heterocycles. The fourth-order valence-corrected chi connectivity index (χ4v) is 3.74. The monoisotopic (exact) mass is 473 g/mol. The SMILES string of the molecule is CCc1ccccc1NC(=O)CN1C(=O)N/C(=C/c2ccc(-c3cc(C(=O)O)ccc3C)o2)C1=O. The standard InChI is InChI=1S/C26H23N3O6/c1-3-16-6-4-5-7-20(16)27-23(30)14-29-24(31)21(28-26(29)34)13-18-10-11-22(35-18)19-12-17(25(32)33)9-8-15(19)2/h4-13H,3,14H2,1-2H3,(H,27,30)(H,28,34)(H,32,33)/b21-13+. The van der Waals surface area contributed by atoms with Gasteiger partial charge < -0.3 is 20.2 Å². The number of carboxylic acid groups (broad SMARTS) is 1. The molecule has 1 aliphatic rings. The molecule has 0 unspecified atom stereocenters. The minimum atomic E-state index is -1.05. The zero-order valence-electron chi connectivity index (χ0n) is 19.1. The number of anilines is 1. The van der Waals surface area contributed by atoms with Crippen LogP contribution in [0.25, 0.3) is 17.4 Å². The number of para-hydroxylation sites is 1. The lowest BCUT2D eigenvalue weighted by Gasteiger charge is -2.13. The first-order valence-electron chi connectivity index (χ1n) is 10.9. The molecule has 178 valence electrons. The van der Waals surface area contributed by atoms with Crippen LogP contribution in [0.3, 0.4) is 0 Å². The average molecular weight is 473 g/mol. The van der Waals surface area contributed by atoms with E-state index in [0.717, 1.165) is 22.4 Å². The summed E-state index contributed by atoms with van der Waals surface area (Å²) in [6.45, 7) is 3.35. The first-order valence-corrected chi connectivity index (χ1v) is 10.9. The van der Waals surface area contributed by atoms with Gasteiger partial charge in [0, 0.05) is 17.3 Å². The fourth-order valence-electron chi connectivity index (χ4n) is 3.74. The summed E-state index contributed by atoms with van der Waals surface area (Å²) in [6, 6.07) is 14.5. The van der Waals surface area contributed by atoms with Crippen molar-refractivity contribution in [2.45, 2.75) is 20.3 Å². The molecule has 9 heteroatoms. The number of nitrogens with one attached hydrogen (secondary N) is 2. The summed E-state index contributed by atoms with van der Waals surface area (Å²) in [6.07, 6.45) is 2.09. The van der Waals surface area contributed by atoms with Gasteiger partial charge in [-0.3, -0.25) is 9.59 Å². The topological polar surface area (TPSA) is 129 Å². The Morgan fingerprint density at radius 1 is 1.11 bits per heavy atom. The summed E-state index contributed by atoms with van der Waals surface area (Å²) >= 11 is 0. The molecule has 1 saturated heterocycles. The van der Waals surface area contributed by atoms with Gasteiger partial charge in [0.15, 0.2) is 0 Å². The highest BCUT2D eigenvalue weighted by Gasteiger charge is 2.35. The third-order valence-electron chi connectivity index (χ3n) is 5.60. The van der Waals surface area contributed by atoms with Crippen LogP contribution in [-0.4, -0.2) is 40.4 Å². The van der Waals surface area contributed by atoms with E-state index in [0.29, 0.717) is 17.0 Å². The van der Waals surface area contributed by atoms with Crippen LogP contribution in [0.4, 0.5) is 10.5 Å². The molecule has 0 aliphatic carbocycles. The molecule has 0 bridgehead atoms. The lowest BCUT2D eigenvalue weighted by atomic mass is 10.0. The number of imide groups is 1. The van der Waals surface area contributed by atoms with Crippen LogP contribution >= 0.6 is 0 Å². The summed E-state index contributed by atoms with van der Waals surface area (Å²) < 4.78 is 5.78. The highest BCUT2D eigenvalue weighted by atomic mass is 16.4. The smallest absolute Gasteiger partial charge is 0.335 e. The van der Waals surface area contributed by atoms with Crippen molar-refractivity contribution in [1.82, 2.24) is 10.2 Å². The van der Waals surface area contributed by atoms with E-state index < -0.39 is 30.4 Å². The van der Waals surface area contributed by atoms with E-state index in [4.69, 9.17) is 4.42 Å². The maximum atomic E-state index is 12.8. The van der Waals surface area contributed by atoms with E-state index in [1.54, 1.807) is 30.3 Å². The van der Waals surface area contributed by atoms with Gasteiger partial charge in [0.25, 0.3) is 5.91 Å². The third kappa shape index (κ3) is 4.98. The van der Waals surface area contributed by atoms with Crippen LogP contribution in [0, 0.1) is 6.92 Å². The zero-order chi connectivity index (χ0) is 25.1. The Hall–Kier alpha value is -4.66. The van der Waals surface area contributed by atoms with Crippen LogP contribution < -0.4 is 10.6 Å². The second-order valence-electron chi connectivity index (χ2n) is 7.98. The average Bonchev–Trinajstić information content (AvgIpc) is 3.39. The number of nitrogens with zero attached hydrogens (tertiary/aromatic N) is 1. The fraction of sp³-hybridized carbons (Fsp3) is 0.154. The predicted octanol–water partition coefficient (Wildman–Crippen LogP) is 4.05. The first-order chi connectivity index (χ1) is 16.8. The van der Waals surface area contributed by atoms with Crippen LogP contribution in [0.1, 0.15) is 34.2 Å². The highest BCUT2D eigenvalue weighted by Crippen LogP contribution is 2.28. The second-order valence-corrected chi connectivity index (χ2v) is 7.98. The number of amides is 4. The maximum absolute atomic E-state index is 12.8. The minimum absolute atomic E-state index is 0.0336. The number of hydrogen-bond acceptors (Lipinski definition) is 5. The lowest BCUT2D eigenvalue weighted by molar-refractivity contribution is -0.127. The van der Waals surface area contributed by atoms with E-state index in [2.05, 4.69) is 10.6 Å². The predicted molar refractivity (Wildman–Crippen MR) is 129 cm³/mol. The Balaban J connectivity index is 1.49. The van der Waals surface area contributed by atoms with Gasteiger partial charge in [-0.15, -0.1) is 0 Å². The quantitative estimate of drug-likeness (QED) is 0.351. The van der Waals surface area contributed by atoms with Crippen molar-refractivity contribution in [3.8, 4) is 11.3 Å². The molecule has 4 rings (SSSR count). The Morgan fingerprint density at radius 3 is 2.63 bits per heavy atom. The van der Waals surface area contributed by atoms with Crippen molar-refractivity contribution >= 4 is 35.6 Å². The van der Waals surface area contributed by atoms with Crippen LogP contribution in [0.5, 0.6) is 0 Å². The van der Waals surface area contributed by atoms with Crippen LogP contribution in [-0.2, 0) is 16.0 Å². The molecule has 3 aromatic rings. The van der Waals surface area contributed by atoms with Gasteiger partial charge in [-0.25, -0.2) is 14.5 Å². The van der Waals surface area contributed by atoms with Gasteiger partial charge in [-0.2, -0.15) is 0 Å². The number of urea groups is 1. The number of benzene rings is 2. The number of carbonyl (C=O) groups is 4. The molecular weight excluding hydrogens is 450 g/mol. The molecule has 0 atom stereocenters. The Kier molecular flexibility index (Phi) is 6.50. The second kappa shape index (κ2) is 9.68. The van der Waals surface area contributed by atoms with Crippen molar-refractivity contribution in [1.29, 1.82) is 0 Å². The molecule has 1 fully saturated rings. The molecule has 0 saturated carbocycles. The number of furan rings is 1. The minimum Gasteiger partial charge on any atom is -0.478 e. The van der Waals surface area contributed by atoms with Crippen molar-refractivity contribution in [3.63, 3.8) is 0 Å². The summed E-state index contributed by atoms with van der Waals surface area (Å²) in [5.41, 5.74) is 3.08. The molecule has 2 aromatic carbocycles. The summed E-state index contributed by atoms with van der Waals surface area (Å²) in [4.78, 5) is 49.7. The van der Waals surface area contributed by atoms with E-state index in [9.17, 15) is 24.3 Å². The Bertz CT molecular complexity index is 1370. The number of aryl methyl sites for hydroxylation is 2. The Morgan fingerprint density at radius 2 is 1.89 bits per heavy atom. The van der Waals surface area contributed by atoms with Gasteiger partial charge in [0.1, 0.15) is 23.8 Å². The highest BCUT2D eigenvalue weighted by molar-refractivity contribution is 6.15. The van der Waals surface area contributed by atoms with Gasteiger partial charge in [0.2, 0.25) is 5.91 Å². The molecule has 2 heterocycles. The molecule has 0 radical (unpaired) electrons. The molecule has 0 spiro atoms. The van der Waals surface area contributed by atoms with Crippen molar-refractivity contribution < 1.29 is 28.7 Å². The van der Waals surface area contributed by atoms with Gasteiger partial charge >= 0.3 is 12.0 Å². The Labute approximate surface area is 201 Å². The van der Waals surface area contributed by atoms with Gasteiger partial charge in [-0.05, 0) is 54.8 Å². The third-order valence-corrected chi connectivity index (χ3v) is 5.60. The lowest BCUT2D eigenvalue weighted by Crippen LogP contribution is -2.38. The van der Waals surface area contributed by atoms with Crippen molar-refractivity contribution in [3.05, 3.63) is 82.7 Å². The largest absolute Gasteiger partial charge is 0.478 e. The van der Waals surface area contributed by atoms with E-state index in [1.165, 1.54) is 18.2 Å². The molecule has 1 aromatic heterocycles. The molecule has 35 heavy (non-hydrogen) atoms. The van der Waals surface area contributed by atoms with E-state index in [-0.39, 0.29) is 17.0 Å². The number of rotatable bonds is 7. The zero-order valence-corrected chi connectivity index (χ0v) is 19.1. The first kappa shape index (κ1) is 23.5. The molecule has 9 nitrogen and oxygen atoms in total. The van der Waals surface area contributed by atoms with Crippen molar-refractivity contribution in [2.75, 3.05) is 11.9 Å². The van der Waals surface area contributed by atoms with E-state index >= 15 is 0 Å². The normalized spacial score (nSPS) is 14.3. The number of hydrogen-bond donors (Lipinski definition) is 3. The number of aromatic carboxylic acids is 1. The van der Waals surface area contributed by atoms with Gasteiger partial charge in [0.05, 0.1) is 5.56 Å². The summed E-state index contributed by atoms with van der Waals surface area (Å²) in [5, 5.41) is 14.4. The van der Waals surface area contributed by atoms with Crippen molar-refractivity contribution in [2.24, 2.45) is 0 Å². The molecule has 3 N–H and O–H groups in total. The van der Waals surface area contributed by atoms with Crippen LogP contribution in [0.15, 0.2) is 64.7 Å². The number of carbonyl (C=O) groups excluding carboxylic acids is 3. The molecule has 4 amide bonds. The summed E-state index contributed by atoms with van der Waals surface area (Å²) in [5.74, 6) is -1.51. The van der Waals surface area contributed by atoms with Gasteiger partial charge in [-0.1, -0.05) is 31.2 Å². The molecular formula is C26H23N3O6. The van der Waals surface area contributed by atoms with E-state index in [1.807, 2.05) is 26.0 Å². The summed E-state index contributed by atoms with van der Waals surface area (Å²) in [7, 11) is 0. The maximum Gasteiger partial charge on any atom is 0.335 e.